The molecule has 17 heavy (non-hydrogen) atoms. The molecule has 0 aliphatic rings. The highest BCUT2D eigenvalue weighted by molar-refractivity contribution is 5.42. The third-order valence-electron chi connectivity index (χ3n) is 2.74. The van der Waals surface area contributed by atoms with Gasteiger partial charge in [-0.3, -0.25) is 9.36 Å². The van der Waals surface area contributed by atoms with Gasteiger partial charge in [-0.1, -0.05) is 0 Å². The molecule has 2 heterocycles. The molecule has 0 spiro atoms. The average Bonchev–Trinajstić information content (AvgIpc) is 2.93. The summed E-state index contributed by atoms with van der Waals surface area (Å²) in [5.74, 6) is 0.955. The van der Waals surface area contributed by atoms with E-state index in [0.29, 0.717) is 0 Å². The van der Waals surface area contributed by atoms with Gasteiger partial charge in [-0.25, -0.2) is 0 Å². The summed E-state index contributed by atoms with van der Waals surface area (Å²) in [5.41, 5.74) is 2.35. The van der Waals surface area contributed by atoms with Gasteiger partial charge in [0, 0.05) is 43.2 Å². The van der Waals surface area contributed by atoms with Crippen molar-refractivity contribution in [1.29, 1.82) is 0 Å². The molecule has 0 aromatic carbocycles. The normalized spacial score (nSPS) is 10.8. The van der Waals surface area contributed by atoms with Crippen LogP contribution in [0.3, 0.4) is 0 Å². The molecule has 0 aliphatic carbocycles. The molecule has 0 aliphatic heterocycles. The van der Waals surface area contributed by atoms with Gasteiger partial charge in [-0.15, -0.1) is 0 Å². The molecular weight excluding hydrogens is 214 g/mol. The molecule has 2 aromatic heterocycles. The zero-order chi connectivity index (χ0) is 12.3. The van der Waals surface area contributed by atoms with Gasteiger partial charge in [-0.2, -0.15) is 10.2 Å². The third kappa shape index (κ3) is 2.67. The SMILES string of the molecule is CCn1cc(CNc2nn(CC)cc2C)cn1. The van der Waals surface area contributed by atoms with Crippen LogP contribution in [0.5, 0.6) is 0 Å². The molecule has 5 nitrogen and oxygen atoms in total. The standard InChI is InChI=1S/C12H19N5/c1-4-16-9-11(7-14-16)6-13-12-10(3)8-17(5-2)15-12/h7-9H,4-6H2,1-3H3,(H,13,15). The Morgan fingerprint density at radius 2 is 1.94 bits per heavy atom. The Balaban J connectivity index is 1.99. The van der Waals surface area contributed by atoms with Crippen molar-refractivity contribution >= 4 is 5.82 Å². The molecule has 0 atom stereocenters. The number of hydrogen-bond acceptors (Lipinski definition) is 3. The van der Waals surface area contributed by atoms with E-state index in [1.54, 1.807) is 0 Å². The highest BCUT2D eigenvalue weighted by Crippen LogP contribution is 2.12. The van der Waals surface area contributed by atoms with Gasteiger partial charge in [0.25, 0.3) is 0 Å². The van der Waals surface area contributed by atoms with Gasteiger partial charge in [0.05, 0.1) is 6.20 Å². The van der Waals surface area contributed by atoms with Crippen LogP contribution < -0.4 is 5.32 Å². The highest BCUT2D eigenvalue weighted by Gasteiger charge is 2.04. The van der Waals surface area contributed by atoms with Crippen LogP contribution in [0.4, 0.5) is 5.82 Å². The zero-order valence-corrected chi connectivity index (χ0v) is 10.6. The van der Waals surface area contributed by atoms with E-state index < -0.39 is 0 Å². The Kier molecular flexibility index (Phi) is 3.46. The summed E-state index contributed by atoms with van der Waals surface area (Å²) in [6.45, 7) is 8.80. The maximum absolute atomic E-state index is 4.45. The average molecular weight is 233 g/mol. The van der Waals surface area contributed by atoms with E-state index in [1.165, 1.54) is 11.1 Å². The predicted octanol–water partition coefficient (Wildman–Crippen LogP) is 2.04. The first-order valence-corrected chi connectivity index (χ1v) is 6.02. The lowest BCUT2D eigenvalue weighted by Gasteiger charge is -2.01. The number of anilines is 1. The number of hydrogen-bond donors (Lipinski definition) is 1. The minimum Gasteiger partial charge on any atom is -0.364 e. The van der Waals surface area contributed by atoms with Gasteiger partial charge in [0.15, 0.2) is 5.82 Å². The first kappa shape index (κ1) is 11.7. The second kappa shape index (κ2) is 5.03. The van der Waals surface area contributed by atoms with E-state index >= 15 is 0 Å². The van der Waals surface area contributed by atoms with Crippen LogP contribution in [-0.4, -0.2) is 19.6 Å². The maximum Gasteiger partial charge on any atom is 0.151 e. The second-order valence-electron chi connectivity index (χ2n) is 4.07. The highest BCUT2D eigenvalue weighted by atomic mass is 15.3. The summed E-state index contributed by atoms with van der Waals surface area (Å²) in [6.07, 6.45) is 6.00. The smallest absolute Gasteiger partial charge is 0.151 e. The van der Waals surface area contributed by atoms with Crippen molar-refractivity contribution in [2.45, 2.75) is 40.4 Å². The largest absolute Gasteiger partial charge is 0.364 e. The van der Waals surface area contributed by atoms with Gasteiger partial charge < -0.3 is 5.32 Å². The van der Waals surface area contributed by atoms with Crippen LogP contribution in [0.1, 0.15) is 25.0 Å². The lowest BCUT2D eigenvalue weighted by Crippen LogP contribution is -2.02. The van der Waals surface area contributed by atoms with Crippen molar-refractivity contribution in [2.24, 2.45) is 0 Å². The molecule has 92 valence electrons. The van der Waals surface area contributed by atoms with E-state index in [1.807, 2.05) is 15.6 Å². The Morgan fingerprint density at radius 1 is 1.18 bits per heavy atom. The van der Waals surface area contributed by atoms with E-state index in [-0.39, 0.29) is 0 Å². The third-order valence-corrected chi connectivity index (χ3v) is 2.74. The topological polar surface area (TPSA) is 47.7 Å². The lowest BCUT2D eigenvalue weighted by atomic mass is 10.3. The summed E-state index contributed by atoms with van der Waals surface area (Å²) >= 11 is 0. The van der Waals surface area contributed by atoms with Gasteiger partial charge >= 0.3 is 0 Å². The Morgan fingerprint density at radius 3 is 2.53 bits per heavy atom. The van der Waals surface area contributed by atoms with Gasteiger partial charge in [-0.05, 0) is 20.8 Å². The van der Waals surface area contributed by atoms with Crippen molar-refractivity contribution < 1.29 is 0 Å². The molecule has 0 unspecified atom stereocenters. The van der Waals surface area contributed by atoms with Crippen molar-refractivity contribution in [3.63, 3.8) is 0 Å². The second-order valence-corrected chi connectivity index (χ2v) is 4.07. The molecule has 0 saturated carbocycles. The van der Waals surface area contributed by atoms with Gasteiger partial charge in [0.1, 0.15) is 0 Å². The predicted molar refractivity (Wildman–Crippen MR) is 67.9 cm³/mol. The molecule has 0 amide bonds. The molecule has 5 heteroatoms. The van der Waals surface area contributed by atoms with Crippen molar-refractivity contribution in [2.75, 3.05) is 5.32 Å². The molecule has 0 bridgehead atoms. The van der Waals surface area contributed by atoms with Crippen LogP contribution in [0, 0.1) is 6.92 Å². The zero-order valence-electron chi connectivity index (χ0n) is 10.6. The quantitative estimate of drug-likeness (QED) is 0.859. The van der Waals surface area contributed by atoms with Crippen molar-refractivity contribution in [1.82, 2.24) is 19.6 Å². The number of aromatic nitrogens is 4. The monoisotopic (exact) mass is 233 g/mol. The van der Waals surface area contributed by atoms with Crippen molar-refractivity contribution in [3.05, 3.63) is 29.7 Å². The summed E-state index contributed by atoms with van der Waals surface area (Å²) < 4.78 is 3.86. The van der Waals surface area contributed by atoms with E-state index in [4.69, 9.17) is 0 Å². The molecule has 0 saturated heterocycles. The number of rotatable bonds is 5. The Hall–Kier alpha value is -1.78. The van der Waals surface area contributed by atoms with E-state index in [0.717, 1.165) is 25.5 Å². The van der Waals surface area contributed by atoms with Crippen LogP contribution in [-0.2, 0) is 19.6 Å². The molecule has 0 fully saturated rings. The first-order chi connectivity index (χ1) is 8.22. The fourth-order valence-corrected chi connectivity index (χ4v) is 1.71. The molecule has 1 N–H and O–H groups in total. The number of aryl methyl sites for hydroxylation is 3. The molecule has 0 radical (unpaired) electrons. The maximum atomic E-state index is 4.45. The minimum absolute atomic E-state index is 0.765. The van der Waals surface area contributed by atoms with E-state index in [9.17, 15) is 0 Å². The van der Waals surface area contributed by atoms with Crippen LogP contribution in [0.25, 0.3) is 0 Å². The fraction of sp³-hybridized carbons (Fsp3) is 0.500. The van der Waals surface area contributed by atoms with E-state index in [2.05, 4.69) is 48.7 Å². The molecule has 2 rings (SSSR count). The molecule has 2 aromatic rings. The van der Waals surface area contributed by atoms with Crippen molar-refractivity contribution in [3.8, 4) is 0 Å². The fourth-order valence-electron chi connectivity index (χ4n) is 1.71. The van der Waals surface area contributed by atoms with Gasteiger partial charge in [0.2, 0.25) is 0 Å². The first-order valence-electron chi connectivity index (χ1n) is 6.02. The van der Waals surface area contributed by atoms with Crippen LogP contribution in [0.2, 0.25) is 0 Å². The Bertz CT molecular complexity index is 483. The summed E-state index contributed by atoms with van der Waals surface area (Å²) in [7, 11) is 0. The summed E-state index contributed by atoms with van der Waals surface area (Å²) in [4.78, 5) is 0. The number of nitrogens with zero attached hydrogens (tertiary/aromatic N) is 4. The summed E-state index contributed by atoms with van der Waals surface area (Å²) in [6, 6.07) is 0. The molecular formula is C12H19N5. The van der Waals surface area contributed by atoms with Crippen LogP contribution >= 0.6 is 0 Å². The summed E-state index contributed by atoms with van der Waals surface area (Å²) in [5, 5.41) is 12.0. The van der Waals surface area contributed by atoms with Crippen LogP contribution in [0.15, 0.2) is 18.6 Å². The lowest BCUT2D eigenvalue weighted by molar-refractivity contribution is 0.658. The minimum atomic E-state index is 0.765. The Labute approximate surface area is 101 Å². The number of nitrogens with one attached hydrogen (secondary N) is 1.